The van der Waals surface area contributed by atoms with Gasteiger partial charge in [0, 0.05) is 18.7 Å². The lowest BCUT2D eigenvalue weighted by atomic mass is 10.0. The number of hydrogen-bond acceptors (Lipinski definition) is 5. The molecule has 1 N–H and O–H groups in total. The van der Waals surface area contributed by atoms with Crippen LogP contribution >= 0.6 is 0 Å². The number of benzene rings is 1. The van der Waals surface area contributed by atoms with Crippen LogP contribution in [0.15, 0.2) is 6.07 Å². The largest absolute Gasteiger partial charge is 0.493 e. The Balaban J connectivity index is 2.41. The number of aliphatic hydroxyl groups is 1. The van der Waals surface area contributed by atoms with Crippen molar-refractivity contribution in [3.63, 3.8) is 0 Å². The van der Waals surface area contributed by atoms with E-state index in [1.54, 1.807) is 26.2 Å². The first kappa shape index (κ1) is 15.4. The molecule has 6 heteroatoms. The van der Waals surface area contributed by atoms with E-state index < -0.39 is 6.61 Å². The summed E-state index contributed by atoms with van der Waals surface area (Å²) in [5.74, 6) is 1.60. The molecule has 0 bridgehead atoms. The summed E-state index contributed by atoms with van der Waals surface area (Å²) in [6.45, 7) is 0.670. The van der Waals surface area contributed by atoms with E-state index in [1.165, 1.54) is 0 Å². The Morgan fingerprint density at radius 1 is 1.14 bits per heavy atom. The lowest BCUT2D eigenvalue weighted by molar-refractivity contribution is -0.134. The number of ether oxygens (including phenoxy) is 3. The molecule has 6 nitrogen and oxygen atoms in total. The Hall–Kier alpha value is -1.95. The van der Waals surface area contributed by atoms with Crippen molar-refractivity contribution in [1.29, 1.82) is 0 Å². The van der Waals surface area contributed by atoms with Crippen LogP contribution in [0.5, 0.6) is 17.2 Å². The fraction of sp³-hybridized carbons (Fsp3) is 0.533. The van der Waals surface area contributed by atoms with Gasteiger partial charge in [0.1, 0.15) is 6.61 Å². The van der Waals surface area contributed by atoms with Gasteiger partial charge in [-0.2, -0.15) is 0 Å². The molecule has 0 unspecified atom stereocenters. The third-order valence-corrected chi connectivity index (χ3v) is 3.80. The Bertz CT molecular complexity index is 529. The summed E-state index contributed by atoms with van der Waals surface area (Å²) in [5.41, 5.74) is 2.11. The zero-order valence-electron chi connectivity index (χ0n) is 12.6. The number of carbonyl (C=O) groups excluding carboxylic acids is 1. The minimum absolute atomic E-state index is 0.249. The number of methoxy groups -OCH3 is 3. The molecule has 116 valence electrons. The van der Waals surface area contributed by atoms with Gasteiger partial charge in [-0.05, 0) is 24.5 Å². The molecule has 0 spiro atoms. The molecule has 0 aromatic heterocycles. The van der Waals surface area contributed by atoms with E-state index in [1.807, 2.05) is 6.07 Å². The topological polar surface area (TPSA) is 68.2 Å². The van der Waals surface area contributed by atoms with Gasteiger partial charge in [-0.15, -0.1) is 0 Å². The third kappa shape index (κ3) is 2.90. The molecule has 0 saturated heterocycles. The van der Waals surface area contributed by atoms with E-state index in [2.05, 4.69) is 0 Å². The van der Waals surface area contributed by atoms with E-state index in [0.717, 1.165) is 11.1 Å². The summed E-state index contributed by atoms with van der Waals surface area (Å²) in [5, 5.41) is 9.01. The molecule has 2 rings (SSSR count). The van der Waals surface area contributed by atoms with Crippen LogP contribution in [0.1, 0.15) is 11.1 Å². The highest BCUT2D eigenvalue weighted by Gasteiger charge is 2.25. The molecule has 1 aliphatic heterocycles. The standard InChI is InChI=1S/C15H21NO5/c1-19-12-8-10-4-6-16(13(18)9-17)7-5-11(10)14(20-2)15(12)21-3/h8,17H,4-7,9H2,1-3H3. The average Bonchev–Trinajstić information content (AvgIpc) is 2.74. The van der Waals surface area contributed by atoms with Gasteiger partial charge in [-0.25, -0.2) is 0 Å². The van der Waals surface area contributed by atoms with Crippen molar-refractivity contribution in [2.75, 3.05) is 41.0 Å². The minimum Gasteiger partial charge on any atom is -0.493 e. The van der Waals surface area contributed by atoms with Crippen LogP contribution in [-0.4, -0.2) is 56.9 Å². The van der Waals surface area contributed by atoms with E-state index in [9.17, 15) is 4.79 Å². The summed E-state index contributed by atoms with van der Waals surface area (Å²) in [6.07, 6.45) is 1.35. The summed E-state index contributed by atoms with van der Waals surface area (Å²) in [7, 11) is 4.76. The van der Waals surface area contributed by atoms with Crippen LogP contribution in [-0.2, 0) is 17.6 Å². The average molecular weight is 295 g/mol. The Morgan fingerprint density at radius 2 is 1.81 bits per heavy atom. The number of fused-ring (bicyclic) bond motifs is 1. The van der Waals surface area contributed by atoms with Gasteiger partial charge >= 0.3 is 0 Å². The first-order chi connectivity index (χ1) is 10.2. The van der Waals surface area contributed by atoms with Crippen LogP contribution in [0.4, 0.5) is 0 Å². The molecule has 0 radical (unpaired) electrons. The third-order valence-electron chi connectivity index (χ3n) is 3.80. The summed E-state index contributed by atoms with van der Waals surface area (Å²) in [4.78, 5) is 13.3. The summed E-state index contributed by atoms with van der Waals surface area (Å²) < 4.78 is 16.2. The van der Waals surface area contributed by atoms with Crippen molar-refractivity contribution < 1.29 is 24.1 Å². The molecule has 1 heterocycles. The quantitative estimate of drug-likeness (QED) is 0.882. The van der Waals surface area contributed by atoms with Crippen molar-refractivity contribution in [3.8, 4) is 17.2 Å². The van der Waals surface area contributed by atoms with Gasteiger partial charge in [0.05, 0.1) is 21.3 Å². The van der Waals surface area contributed by atoms with Crippen LogP contribution in [0, 0.1) is 0 Å². The van der Waals surface area contributed by atoms with Crippen LogP contribution in [0.25, 0.3) is 0 Å². The van der Waals surface area contributed by atoms with Gasteiger partial charge in [0.25, 0.3) is 0 Å². The highest BCUT2D eigenvalue weighted by molar-refractivity contribution is 5.77. The van der Waals surface area contributed by atoms with Gasteiger partial charge in [0.2, 0.25) is 11.7 Å². The first-order valence-electron chi connectivity index (χ1n) is 6.85. The molecular formula is C15H21NO5. The number of carbonyl (C=O) groups is 1. The van der Waals surface area contributed by atoms with Gasteiger partial charge in [-0.1, -0.05) is 0 Å². The van der Waals surface area contributed by atoms with Crippen LogP contribution in [0.2, 0.25) is 0 Å². The zero-order valence-corrected chi connectivity index (χ0v) is 12.6. The molecular weight excluding hydrogens is 274 g/mol. The SMILES string of the molecule is COc1cc2c(c(OC)c1OC)CCN(C(=O)CO)CC2. The molecule has 1 aromatic rings. The lowest BCUT2D eigenvalue weighted by Crippen LogP contribution is -2.35. The molecule has 0 saturated carbocycles. The fourth-order valence-corrected chi connectivity index (χ4v) is 2.73. The predicted molar refractivity (Wildman–Crippen MR) is 77.2 cm³/mol. The monoisotopic (exact) mass is 295 g/mol. The second-order valence-electron chi connectivity index (χ2n) is 4.82. The molecule has 1 aromatic carbocycles. The highest BCUT2D eigenvalue weighted by Crippen LogP contribution is 2.43. The Labute approximate surface area is 124 Å². The minimum atomic E-state index is -0.458. The van der Waals surface area contributed by atoms with E-state index >= 15 is 0 Å². The molecule has 0 aliphatic carbocycles. The van der Waals surface area contributed by atoms with Gasteiger partial charge in [0.15, 0.2) is 11.5 Å². The highest BCUT2D eigenvalue weighted by atomic mass is 16.5. The van der Waals surface area contributed by atoms with Crippen LogP contribution < -0.4 is 14.2 Å². The second-order valence-corrected chi connectivity index (χ2v) is 4.82. The van der Waals surface area contributed by atoms with Gasteiger partial charge in [-0.3, -0.25) is 4.79 Å². The van der Waals surface area contributed by atoms with Crippen molar-refractivity contribution in [2.24, 2.45) is 0 Å². The fourth-order valence-electron chi connectivity index (χ4n) is 2.73. The van der Waals surface area contributed by atoms with E-state index in [-0.39, 0.29) is 5.91 Å². The number of nitrogens with zero attached hydrogens (tertiary/aromatic N) is 1. The Morgan fingerprint density at radius 3 is 2.38 bits per heavy atom. The smallest absolute Gasteiger partial charge is 0.248 e. The molecule has 21 heavy (non-hydrogen) atoms. The second kappa shape index (κ2) is 6.67. The van der Waals surface area contributed by atoms with Crippen molar-refractivity contribution in [1.82, 2.24) is 4.90 Å². The Kier molecular flexibility index (Phi) is 4.90. The molecule has 0 fully saturated rings. The summed E-state index contributed by atoms with van der Waals surface area (Å²) in [6, 6.07) is 1.93. The normalized spacial score (nSPS) is 14.2. The number of hydrogen-bond donors (Lipinski definition) is 1. The first-order valence-corrected chi connectivity index (χ1v) is 6.85. The maximum Gasteiger partial charge on any atom is 0.248 e. The molecule has 1 aliphatic rings. The van der Waals surface area contributed by atoms with E-state index in [0.29, 0.717) is 43.2 Å². The molecule has 1 amide bonds. The number of amides is 1. The zero-order chi connectivity index (χ0) is 15.4. The lowest BCUT2D eigenvalue weighted by Gasteiger charge is -2.18. The summed E-state index contributed by atoms with van der Waals surface area (Å²) >= 11 is 0. The maximum absolute atomic E-state index is 11.7. The predicted octanol–water partition coefficient (Wildman–Crippen LogP) is 0.632. The molecule has 0 atom stereocenters. The number of aliphatic hydroxyl groups excluding tert-OH is 1. The van der Waals surface area contributed by atoms with Crippen molar-refractivity contribution in [3.05, 3.63) is 17.2 Å². The van der Waals surface area contributed by atoms with E-state index in [4.69, 9.17) is 19.3 Å². The van der Waals surface area contributed by atoms with Crippen molar-refractivity contribution >= 4 is 5.91 Å². The van der Waals surface area contributed by atoms with Gasteiger partial charge < -0.3 is 24.2 Å². The van der Waals surface area contributed by atoms with Crippen LogP contribution in [0.3, 0.4) is 0 Å². The van der Waals surface area contributed by atoms with Crippen molar-refractivity contribution in [2.45, 2.75) is 12.8 Å². The maximum atomic E-state index is 11.7. The number of rotatable bonds is 4.